The number of hydrogen-bond acceptors (Lipinski definition) is 3. The molecule has 1 aromatic rings. The second kappa shape index (κ2) is 3.47. The van der Waals surface area contributed by atoms with Gasteiger partial charge in [-0.05, 0) is 0 Å². The number of ether oxygens (including phenoxy) is 1. The first kappa shape index (κ1) is 11.1. The zero-order chi connectivity index (χ0) is 12.1. The maximum absolute atomic E-state index is 11.8. The molecule has 3 heterocycles. The van der Waals surface area contributed by atoms with Crippen molar-refractivity contribution in [3.63, 3.8) is 0 Å². The van der Waals surface area contributed by atoms with Gasteiger partial charge in [0.25, 0.3) is 0 Å². The second-order valence-corrected chi connectivity index (χ2v) is 5.23. The van der Waals surface area contributed by atoms with Crippen LogP contribution in [0, 0.1) is 0 Å². The molecule has 17 heavy (non-hydrogen) atoms. The van der Waals surface area contributed by atoms with Crippen molar-refractivity contribution < 1.29 is 9.53 Å². The summed E-state index contributed by atoms with van der Waals surface area (Å²) in [6.07, 6.45) is 1.01. The highest BCUT2D eigenvalue weighted by atomic mass is 35.5. The minimum atomic E-state index is -1.31. The van der Waals surface area contributed by atoms with Crippen LogP contribution in [0.2, 0.25) is 0 Å². The van der Waals surface area contributed by atoms with E-state index in [1.165, 1.54) is 0 Å². The summed E-state index contributed by atoms with van der Waals surface area (Å²) in [6, 6.07) is 9.39. The number of esters is 1. The monoisotopic (exact) mass is 269 g/mol. The van der Waals surface area contributed by atoms with Gasteiger partial charge in [-0.3, -0.25) is 0 Å². The van der Waals surface area contributed by atoms with E-state index in [0.29, 0.717) is 12.8 Å². The van der Waals surface area contributed by atoms with Crippen LogP contribution in [0.3, 0.4) is 0 Å². The van der Waals surface area contributed by atoms with Gasteiger partial charge in [0.05, 0.1) is 0 Å². The number of carbonyl (C=O) groups excluding carboxylic acids is 1. The van der Waals surface area contributed by atoms with Crippen molar-refractivity contribution in [2.75, 3.05) is 0 Å². The maximum atomic E-state index is 11.8. The lowest BCUT2D eigenvalue weighted by Crippen LogP contribution is -2.55. The van der Waals surface area contributed by atoms with Gasteiger partial charge in [-0.15, -0.1) is 0 Å². The van der Waals surface area contributed by atoms with Crippen LogP contribution in [0.15, 0.2) is 35.3 Å². The van der Waals surface area contributed by atoms with Crippen molar-refractivity contribution in [2.45, 2.75) is 23.4 Å². The van der Waals surface area contributed by atoms with Crippen molar-refractivity contribution in [1.29, 1.82) is 0 Å². The van der Waals surface area contributed by atoms with Crippen LogP contribution in [-0.4, -0.2) is 16.1 Å². The molecule has 3 nitrogen and oxygen atoms in total. The summed E-state index contributed by atoms with van der Waals surface area (Å²) in [5.41, 5.74) is -0.100. The average molecular weight is 270 g/mol. The highest BCUT2D eigenvalue weighted by Crippen LogP contribution is 2.49. The van der Waals surface area contributed by atoms with Crippen LogP contribution in [0.1, 0.15) is 18.4 Å². The maximum Gasteiger partial charge on any atom is 0.350 e. The van der Waals surface area contributed by atoms with E-state index in [-0.39, 0.29) is 5.17 Å². The summed E-state index contributed by atoms with van der Waals surface area (Å²) in [4.78, 5) is 14.6. The summed E-state index contributed by atoms with van der Waals surface area (Å²) in [7, 11) is 0. The SMILES string of the molecule is O=C1OC2(c3ccccc3)CCC1(Cl)N=C2Cl. The predicted octanol–water partition coefficient (Wildman–Crippen LogP) is 2.80. The quantitative estimate of drug-likeness (QED) is 0.447. The Morgan fingerprint density at radius 1 is 1.24 bits per heavy atom. The number of rotatable bonds is 1. The number of benzene rings is 1. The second-order valence-electron chi connectivity index (χ2n) is 4.24. The fourth-order valence-electron chi connectivity index (χ4n) is 2.25. The van der Waals surface area contributed by atoms with Gasteiger partial charge in [-0.2, -0.15) is 0 Å². The smallest absolute Gasteiger partial charge is 0.350 e. The molecule has 2 bridgehead atoms. The molecule has 3 aliphatic rings. The lowest BCUT2D eigenvalue weighted by Gasteiger charge is -2.45. The Morgan fingerprint density at radius 2 is 1.94 bits per heavy atom. The summed E-state index contributed by atoms with van der Waals surface area (Å²) >= 11 is 12.2. The van der Waals surface area contributed by atoms with E-state index in [1.807, 2.05) is 30.3 Å². The normalized spacial score (nSPS) is 35.4. The molecule has 0 saturated carbocycles. The Kier molecular flexibility index (Phi) is 2.25. The number of aliphatic imine (C=N–C) groups is 1. The summed E-state index contributed by atoms with van der Waals surface area (Å²) in [6.45, 7) is 0. The van der Waals surface area contributed by atoms with Crippen molar-refractivity contribution in [3.8, 4) is 0 Å². The van der Waals surface area contributed by atoms with E-state index in [4.69, 9.17) is 27.9 Å². The molecule has 0 radical (unpaired) electrons. The lowest BCUT2D eigenvalue weighted by molar-refractivity contribution is -0.167. The topological polar surface area (TPSA) is 38.7 Å². The number of alkyl halides is 1. The Bertz CT molecular complexity index is 516. The van der Waals surface area contributed by atoms with E-state index in [0.717, 1.165) is 5.56 Å². The lowest BCUT2D eigenvalue weighted by atomic mass is 9.83. The number of halogens is 2. The molecule has 88 valence electrons. The third kappa shape index (κ3) is 1.42. The molecule has 2 unspecified atom stereocenters. The first-order valence-corrected chi connectivity index (χ1v) is 6.06. The largest absolute Gasteiger partial charge is 0.444 e. The van der Waals surface area contributed by atoms with Crippen LogP contribution in [0.4, 0.5) is 0 Å². The molecule has 1 fully saturated rings. The summed E-state index contributed by atoms with van der Waals surface area (Å²) < 4.78 is 5.44. The first-order chi connectivity index (χ1) is 8.07. The van der Waals surface area contributed by atoms with Crippen molar-refractivity contribution in [3.05, 3.63) is 35.9 Å². The van der Waals surface area contributed by atoms with Crippen LogP contribution >= 0.6 is 23.2 Å². The van der Waals surface area contributed by atoms with E-state index >= 15 is 0 Å². The fraction of sp³-hybridized carbons (Fsp3) is 0.333. The van der Waals surface area contributed by atoms with Gasteiger partial charge in [0.2, 0.25) is 5.00 Å². The van der Waals surface area contributed by atoms with E-state index in [2.05, 4.69) is 4.99 Å². The Labute approximate surface area is 108 Å². The molecule has 1 saturated heterocycles. The summed E-state index contributed by atoms with van der Waals surface area (Å²) in [5, 5.41) is 0.254. The molecule has 0 aromatic heterocycles. The standard InChI is InChI=1S/C12H9Cl2NO2/c13-9-11(8-4-2-1-3-5-8)6-7-12(14,15-9)10(16)17-11/h1-5H,6-7H2. The average Bonchev–Trinajstić information content (AvgIpc) is 2.33. The van der Waals surface area contributed by atoms with Crippen LogP contribution < -0.4 is 0 Å². The highest BCUT2D eigenvalue weighted by Gasteiger charge is 2.58. The number of carbonyl (C=O) groups is 1. The number of fused-ring (bicyclic) bond motifs is 2. The van der Waals surface area contributed by atoms with Gasteiger partial charge in [-0.1, -0.05) is 53.5 Å². The van der Waals surface area contributed by atoms with Gasteiger partial charge in [0.15, 0.2) is 10.8 Å². The molecule has 0 N–H and O–H groups in total. The van der Waals surface area contributed by atoms with Gasteiger partial charge in [-0.25, -0.2) is 9.79 Å². The van der Waals surface area contributed by atoms with Crippen LogP contribution in [0.5, 0.6) is 0 Å². The third-order valence-electron chi connectivity index (χ3n) is 3.24. The van der Waals surface area contributed by atoms with Gasteiger partial charge < -0.3 is 4.74 Å². The third-order valence-corrected chi connectivity index (χ3v) is 4.05. The van der Waals surface area contributed by atoms with Gasteiger partial charge >= 0.3 is 5.97 Å². The van der Waals surface area contributed by atoms with Crippen LogP contribution in [-0.2, 0) is 15.1 Å². The van der Waals surface area contributed by atoms with Crippen molar-refractivity contribution in [1.82, 2.24) is 0 Å². The molecule has 0 amide bonds. The zero-order valence-corrected chi connectivity index (χ0v) is 10.3. The van der Waals surface area contributed by atoms with E-state index < -0.39 is 16.6 Å². The van der Waals surface area contributed by atoms with E-state index in [9.17, 15) is 4.79 Å². The van der Waals surface area contributed by atoms with Crippen molar-refractivity contribution in [2.24, 2.45) is 4.99 Å². The van der Waals surface area contributed by atoms with Crippen molar-refractivity contribution >= 4 is 34.3 Å². The zero-order valence-electron chi connectivity index (χ0n) is 8.82. The first-order valence-electron chi connectivity index (χ1n) is 5.31. The molecule has 4 rings (SSSR count). The Hall–Kier alpha value is -1.06. The molecule has 0 spiro atoms. The van der Waals surface area contributed by atoms with E-state index in [1.54, 1.807) is 0 Å². The number of nitrogens with zero attached hydrogens (tertiary/aromatic N) is 1. The highest BCUT2D eigenvalue weighted by molar-refractivity contribution is 6.68. The van der Waals surface area contributed by atoms with Gasteiger partial charge in [0, 0.05) is 18.4 Å². The molecular weight excluding hydrogens is 261 g/mol. The Balaban J connectivity index is 2.16. The van der Waals surface area contributed by atoms with Gasteiger partial charge in [0.1, 0.15) is 0 Å². The Morgan fingerprint density at radius 3 is 2.53 bits per heavy atom. The minimum absolute atomic E-state index is 0.254. The molecule has 3 aliphatic heterocycles. The molecular formula is C12H9Cl2NO2. The molecule has 1 aromatic carbocycles. The minimum Gasteiger partial charge on any atom is -0.444 e. The summed E-state index contributed by atoms with van der Waals surface area (Å²) in [5.74, 6) is -0.515. The molecule has 0 aliphatic carbocycles. The fourth-order valence-corrected chi connectivity index (χ4v) is 2.90. The van der Waals surface area contributed by atoms with Crippen LogP contribution in [0.25, 0.3) is 0 Å². The molecule has 2 atom stereocenters. The molecule has 5 heteroatoms. The predicted molar refractivity (Wildman–Crippen MR) is 65.3 cm³/mol. The number of hydrogen-bond donors (Lipinski definition) is 0.